The lowest BCUT2D eigenvalue weighted by molar-refractivity contribution is 0.0675. The Hall–Kier alpha value is -3.03. The van der Waals surface area contributed by atoms with Gasteiger partial charge in [-0.05, 0) is 29.0 Å². The van der Waals surface area contributed by atoms with E-state index in [0.29, 0.717) is 16.9 Å². The lowest BCUT2D eigenvalue weighted by Gasteiger charge is -2.08. The molecule has 0 N–H and O–H groups in total. The average molecular weight is 357 g/mol. The molecule has 0 aromatic heterocycles. The van der Waals surface area contributed by atoms with E-state index in [9.17, 15) is 9.59 Å². The molecule has 4 rings (SSSR count). The van der Waals surface area contributed by atoms with E-state index in [-0.39, 0.29) is 18.4 Å². The maximum Gasteiger partial charge on any atom is 0.262 e. The predicted octanol–water partition coefficient (Wildman–Crippen LogP) is 4.23. The maximum absolute atomic E-state index is 12.3. The number of hydrogen-bond donors (Lipinski definition) is 0. The van der Waals surface area contributed by atoms with Gasteiger partial charge in [0, 0.05) is 4.90 Å². The van der Waals surface area contributed by atoms with E-state index in [1.807, 2.05) is 18.2 Å². The van der Waals surface area contributed by atoms with Gasteiger partial charge in [0.15, 0.2) is 0 Å². The van der Waals surface area contributed by atoms with Gasteiger partial charge in [-0.15, -0.1) is 11.8 Å². The van der Waals surface area contributed by atoms with E-state index in [1.165, 1.54) is 20.6 Å². The molecule has 0 unspecified atom stereocenters. The standard InChI is InChI=1S/C22H15NO2S/c24-21-18-11-3-4-12-19(18)22(25)23(21)14-5-6-15-26-20-13-7-9-16-8-1-2-10-17(16)20/h1-4,7-13H,14-15H2. The highest BCUT2D eigenvalue weighted by molar-refractivity contribution is 7.99. The number of imide groups is 1. The Labute approximate surface area is 156 Å². The van der Waals surface area contributed by atoms with E-state index in [0.717, 1.165) is 0 Å². The van der Waals surface area contributed by atoms with E-state index < -0.39 is 0 Å². The number of fused-ring (bicyclic) bond motifs is 2. The lowest BCUT2D eigenvalue weighted by atomic mass is 10.1. The third kappa shape index (κ3) is 2.98. The molecule has 126 valence electrons. The first-order valence-corrected chi connectivity index (χ1v) is 9.26. The molecule has 4 heteroatoms. The summed E-state index contributed by atoms with van der Waals surface area (Å²) in [5.74, 6) is 6.10. The summed E-state index contributed by atoms with van der Waals surface area (Å²) in [5, 5.41) is 2.42. The summed E-state index contributed by atoms with van der Waals surface area (Å²) >= 11 is 1.66. The van der Waals surface area contributed by atoms with Gasteiger partial charge in [0.25, 0.3) is 11.8 Å². The summed E-state index contributed by atoms with van der Waals surface area (Å²) in [6.07, 6.45) is 0. The van der Waals surface area contributed by atoms with Gasteiger partial charge in [-0.2, -0.15) is 0 Å². The van der Waals surface area contributed by atoms with Crippen molar-refractivity contribution in [3.05, 3.63) is 77.9 Å². The van der Waals surface area contributed by atoms with Crippen LogP contribution in [0.1, 0.15) is 20.7 Å². The van der Waals surface area contributed by atoms with Crippen molar-refractivity contribution in [2.75, 3.05) is 12.3 Å². The number of hydrogen-bond acceptors (Lipinski definition) is 3. The first kappa shape index (κ1) is 16.4. The highest BCUT2D eigenvalue weighted by atomic mass is 32.2. The van der Waals surface area contributed by atoms with Crippen LogP contribution >= 0.6 is 11.8 Å². The lowest BCUT2D eigenvalue weighted by Crippen LogP contribution is -2.30. The van der Waals surface area contributed by atoms with E-state index >= 15 is 0 Å². The number of amides is 2. The van der Waals surface area contributed by atoms with Crippen molar-refractivity contribution in [1.82, 2.24) is 4.90 Å². The molecule has 1 aliphatic rings. The third-order valence-electron chi connectivity index (χ3n) is 4.29. The van der Waals surface area contributed by atoms with Crippen LogP contribution in [-0.2, 0) is 0 Å². The zero-order valence-corrected chi connectivity index (χ0v) is 14.8. The Morgan fingerprint density at radius 1 is 0.769 bits per heavy atom. The van der Waals surface area contributed by atoms with Crippen molar-refractivity contribution in [2.24, 2.45) is 0 Å². The van der Waals surface area contributed by atoms with Gasteiger partial charge in [-0.25, -0.2) is 0 Å². The van der Waals surface area contributed by atoms with Gasteiger partial charge in [0.05, 0.1) is 23.4 Å². The van der Waals surface area contributed by atoms with Crippen molar-refractivity contribution in [3.63, 3.8) is 0 Å². The smallest absolute Gasteiger partial charge is 0.262 e. The Balaban J connectivity index is 1.41. The molecule has 0 saturated carbocycles. The molecule has 3 nitrogen and oxygen atoms in total. The summed E-state index contributed by atoms with van der Waals surface area (Å²) in [7, 11) is 0. The van der Waals surface area contributed by atoms with Gasteiger partial charge < -0.3 is 0 Å². The molecule has 0 aliphatic carbocycles. The zero-order chi connectivity index (χ0) is 17.9. The number of benzene rings is 3. The van der Waals surface area contributed by atoms with Crippen LogP contribution in [0.25, 0.3) is 10.8 Å². The molecule has 0 radical (unpaired) electrons. The molecule has 1 heterocycles. The monoisotopic (exact) mass is 357 g/mol. The number of nitrogens with zero attached hydrogens (tertiary/aromatic N) is 1. The Bertz CT molecular complexity index is 1040. The Morgan fingerprint density at radius 2 is 1.42 bits per heavy atom. The van der Waals surface area contributed by atoms with Crippen LogP contribution in [0.15, 0.2) is 71.6 Å². The molecule has 26 heavy (non-hydrogen) atoms. The van der Waals surface area contributed by atoms with Crippen LogP contribution in [0.2, 0.25) is 0 Å². The van der Waals surface area contributed by atoms with E-state index in [2.05, 4.69) is 36.1 Å². The average Bonchev–Trinajstić information content (AvgIpc) is 2.93. The molecular formula is C22H15NO2S. The van der Waals surface area contributed by atoms with Gasteiger partial charge >= 0.3 is 0 Å². The van der Waals surface area contributed by atoms with Crippen molar-refractivity contribution in [3.8, 4) is 11.8 Å². The van der Waals surface area contributed by atoms with Crippen molar-refractivity contribution in [1.29, 1.82) is 0 Å². The summed E-state index contributed by atoms with van der Waals surface area (Å²) in [5.41, 5.74) is 0.925. The number of carbonyl (C=O) groups excluding carboxylic acids is 2. The molecule has 2 amide bonds. The Morgan fingerprint density at radius 3 is 2.19 bits per heavy atom. The van der Waals surface area contributed by atoms with Gasteiger partial charge in [0.2, 0.25) is 0 Å². The van der Waals surface area contributed by atoms with Crippen LogP contribution in [-0.4, -0.2) is 29.0 Å². The summed E-state index contributed by atoms with van der Waals surface area (Å²) in [4.78, 5) is 26.9. The summed E-state index contributed by atoms with van der Waals surface area (Å²) in [6.45, 7) is 0.127. The fourth-order valence-electron chi connectivity index (χ4n) is 3.00. The summed E-state index contributed by atoms with van der Waals surface area (Å²) in [6, 6.07) is 21.3. The fraction of sp³-hybridized carbons (Fsp3) is 0.0909. The topological polar surface area (TPSA) is 37.4 Å². The molecule has 0 saturated heterocycles. The van der Waals surface area contributed by atoms with Crippen LogP contribution in [0.4, 0.5) is 0 Å². The van der Waals surface area contributed by atoms with Crippen molar-refractivity contribution >= 4 is 34.3 Å². The molecular weight excluding hydrogens is 342 g/mol. The quantitative estimate of drug-likeness (QED) is 0.400. The zero-order valence-electron chi connectivity index (χ0n) is 13.9. The normalized spacial score (nSPS) is 12.8. The van der Waals surface area contributed by atoms with Crippen LogP contribution in [0.3, 0.4) is 0 Å². The first-order chi connectivity index (χ1) is 12.8. The second-order valence-electron chi connectivity index (χ2n) is 5.86. The Kier molecular flexibility index (Phi) is 4.47. The van der Waals surface area contributed by atoms with Gasteiger partial charge in [-0.1, -0.05) is 60.4 Å². The molecule has 0 spiro atoms. The van der Waals surface area contributed by atoms with E-state index in [1.54, 1.807) is 36.0 Å². The highest BCUT2D eigenvalue weighted by Gasteiger charge is 2.34. The second-order valence-corrected chi connectivity index (χ2v) is 6.88. The first-order valence-electron chi connectivity index (χ1n) is 8.27. The van der Waals surface area contributed by atoms with Crippen molar-refractivity contribution in [2.45, 2.75) is 4.90 Å². The molecule has 0 bridgehead atoms. The minimum atomic E-state index is -0.262. The minimum Gasteiger partial charge on any atom is -0.269 e. The second kappa shape index (κ2) is 7.07. The molecule has 3 aromatic carbocycles. The molecule has 3 aromatic rings. The van der Waals surface area contributed by atoms with Crippen LogP contribution in [0.5, 0.6) is 0 Å². The maximum atomic E-state index is 12.3. The molecule has 1 aliphatic heterocycles. The number of carbonyl (C=O) groups is 2. The van der Waals surface area contributed by atoms with Gasteiger partial charge in [-0.3, -0.25) is 14.5 Å². The predicted molar refractivity (Wildman–Crippen MR) is 104 cm³/mol. The molecule has 0 atom stereocenters. The van der Waals surface area contributed by atoms with Gasteiger partial charge in [0.1, 0.15) is 0 Å². The molecule has 0 fully saturated rings. The highest BCUT2D eigenvalue weighted by Crippen LogP contribution is 2.27. The van der Waals surface area contributed by atoms with Crippen LogP contribution in [0, 0.1) is 11.8 Å². The van der Waals surface area contributed by atoms with E-state index in [4.69, 9.17) is 0 Å². The van der Waals surface area contributed by atoms with Crippen molar-refractivity contribution < 1.29 is 9.59 Å². The fourth-order valence-corrected chi connectivity index (χ4v) is 3.85. The summed E-state index contributed by atoms with van der Waals surface area (Å²) < 4.78 is 0. The minimum absolute atomic E-state index is 0.127. The SMILES string of the molecule is O=C1c2ccccc2C(=O)N1CC#CCSc1cccc2ccccc12. The number of rotatable bonds is 3. The van der Waals surface area contributed by atoms with Crippen LogP contribution < -0.4 is 0 Å². The number of thioether (sulfide) groups is 1. The third-order valence-corrected chi connectivity index (χ3v) is 5.25. The largest absolute Gasteiger partial charge is 0.269 e.